The smallest absolute Gasteiger partial charge is 0.263 e. The second-order valence-corrected chi connectivity index (χ2v) is 6.84. The molecule has 2 aromatic heterocycles. The first-order valence-corrected chi connectivity index (χ1v) is 9.16. The number of hydrogen-bond acceptors (Lipinski definition) is 3. The van der Waals surface area contributed by atoms with Crippen LogP contribution in [0.15, 0.2) is 90.1 Å². The van der Waals surface area contributed by atoms with E-state index in [4.69, 9.17) is 11.6 Å². The Morgan fingerprint density at radius 1 is 0.966 bits per heavy atom. The minimum Gasteiger partial charge on any atom is -0.619 e. The summed E-state index contributed by atoms with van der Waals surface area (Å²) in [5.41, 5.74) is 3.05. The topological polar surface area (TPSA) is 72.7 Å². The first-order valence-electron chi connectivity index (χ1n) is 8.78. The highest BCUT2D eigenvalue weighted by atomic mass is 35.5. The lowest BCUT2D eigenvalue weighted by Gasteiger charge is -2.13. The van der Waals surface area contributed by atoms with Gasteiger partial charge in [-0.3, -0.25) is 9.36 Å². The van der Waals surface area contributed by atoms with Crippen LogP contribution in [0, 0.1) is 16.5 Å². The molecule has 0 atom stereocenters. The molecule has 2 aromatic carbocycles. The van der Waals surface area contributed by atoms with Crippen molar-refractivity contribution in [3.63, 3.8) is 0 Å². The summed E-state index contributed by atoms with van der Waals surface area (Å²) in [4.78, 5) is 13.3. The zero-order valence-corrected chi connectivity index (χ0v) is 15.9. The minimum absolute atomic E-state index is 0.295. The van der Waals surface area contributed by atoms with Gasteiger partial charge in [0.15, 0.2) is 6.20 Å². The summed E-state index contributed by atoms with van der Waals surface area (Å²) < 4.78 is 2.05. The van der Waals surface area contributed by atoms with Crippen LogP contribution in [-0.4, -0.2) is 4.57 Å². The maximum Gasteiger partial charge on any atom is 0.263 e. The van der Waals surface area contributed by atoms with Crippen molar-refractivity contribution in [2.45, 2.75) is 0 Å². The first kappa shape index (κ1) is 18.5. The van der Waals surface area contributed by atoms with Gasteiger partial charge in [-0.25, -0.2) is 0 Å². The third-order valence-corrected chi connectivity index (χ3v) is 4.78. The average molecular weight is 400 g/mol. The Morgan fingerprint density at radius 2 is 1.79 bits per heavy atom. The molecule has 29 heavy (non-hydrogen) atoms. The van der Waals surface area contributed by atoms with Crippen molar-refractivity contribution in [2.75, 3.05) is 0 Å². The number of aromatic nitrogens is 2. The molecule has 0 saturated heterocycles. The highest BCUT2D eigenvalue weighted by Crippen LogP contribution is 2.28. The zero-order chi connectivity index (χ0) is 20.4. The van der Waals surface area contributed by atoms with E-state index in [2.05, 4.69) is 6.07 Å². The Labute approximate surface area is 171 Å². The molecule has 2 heterocycles. The molecule has 5 nitrogen and oxygen atoms in total. The third-order valence-electron chi connectivity index (χ3n) is 4.55. The Balaban J connectivity index is 2.05. The molecule has 0 aliphatic rings. The number of nitrogens with zero attached hydrogens (tertiary/aromatic N) is 3. The molecular weight excluding hydrogens is 386 g/mol. The lowest BCUT2D eigenvalue weighted by molar-refractivity contribution is -0.605. The van der Waals surface area contributed by atoms with Crippen molar-refractivity contribution in [3.05, 3.63) is 111 Å². The van der Waals surface area contributed by atoms with Gasteiger partial charge in [0.1, 0.15) is 5.69 Å². The van der Waals surface area contributed by atoms with Crippen molar-refractivity contribution < 1.29 is 4.73 Å². The van der Waals surface area contributed by atoms with E-state index in [0.717, 1.165) is 0 Å². The number of rotatable bonds is 3. The second kappa shape index (κ2) is 7.63. The van der Waals surface area contributed by atoms with Crippen molar-refractivity contribution in [2.24, 2.45) is 0 Å². The highest BCUT2D eigenvalue weighted by Gasteiger charge is 2.15. The van der Waals surface area contributed by atoms with Crippen molar-refractivity contribution in [1.29, 1.82) is 5.26 Å². The molecule has 0 aliphatic carbocycles. The fraction of sp³-hybridized carbons (Fsp3) is 0. The summed E-state index contributed by atoms with van der Waals surface area (Å²) in [5.74, 6) is 0. The standard InChI is InChI=1S/C23H14ClN3O2/c24-19-7-3-6-16(11-19)22-12-18(21-9-2-1-5-17(21)13-25)14-27(23(22)28)20-8-4-10-26(29)15-20/h1-12,14-15H. The van der Waals surface area contributed by atoms with Gasteiger partial charge < -0.3 is 5.21 Å². The molecule has 0 saturated carbocycles. The van der Waals surface area contributed by atoms with E-state index in [1.165, 1.54) is 17.0 Å². The number of benzene rings is 2. The van der Waals surface area contributed by atoms with Crippen LogP contribution in [0.4, 0.5) is 0 Å². The molecule has 0 spiro atoms. The molecule has 0 bridgehead atoms. The second-order valence-electron chi connectivity index (χ2n) is 6.41. The van der Waals surface area contributed by atoms with Gasteiger partial charge in [-0.05, 0) is 35.9 Å². The Bertz CT molecular complexity index is 1250. The van der Waals surface area contributed by atoms with E-state index in [0.29, 0.717) is 43.3 Å². The summed E-state index contributed by atoms with van der Waals surface area (Å²) in [6.45, 7) is 0. The summed E-state index contributed by atoms with van der Waals surface area (Å²) in [6.07, 6.45) is 4.31. The average Bonchev–Trinajstić information content (AvgIpc) is 2.74. The number of pyridine rings is 2. The number of halogens is 1. The molecule has 0 N–H and O–H groups in total. The molecule has 0 radical (unpaired) electrons. The highest BCUT2D eigenvalue weighted by molar-refractivity contribution is 6.30. The predicted octanol–water partition coefficient (Wildman–Crippen LogP) is 4.33. The molecule has 0 aliphatic heterocycles. The summed E-state index contributed by atoms with van der Waals surface area (Å²) in [7, 11) is 0. The van der Waals surface area contributed by atoms with Crippen LogP contribution >= 0.6 is 11.6 Å². The predicted molar refractivity (Wildman–Crippen MR) is 112 cm³/mol. The quantitative estimate of drug-likeness (QED) is 0.380. The maximum absolute atomic E-state index is 13.3. The van der Waals surface area contributed by atoms with Crippen LogP contribution in [0.2, 0.25) is 5.02 Å². The minimum atomic E-state index is -0.295. The normalized spacial score (nSPS) is 10.5. The van der Waals surface area contributed by atoms with Gasteiger partial charge in [0.05, 0.1) is 11.6 Å². The molecule has 140 valence electrons. The molecule has 4 aromatic rings. The first-order chi connectivity index (χ1) is 14.1. The third kappa shape index (κ3) is 3.62. The number of hydrogen-bond donors (Lipinski definition) is 0. The fourth-order valence-corrected chi connectivity index (χ4v) is 3.39. The van der Waals surface area contributed by atoms with E-state index in [1.807, 2.05) is 12.1 Å². The van der Waals surface area contributed by atoms with Crippen molar-refractivity contribution in [1.82, 2.24) is 4.57 Å². The van der Waals surface area contributed by atoms with E-state index >= 15 is 0 Å². The van der Waals surface area contributed by atoms with Crippen molar-refractivity contribution in [3.8, 4) is 34.0 Å². The van der Waals surface area contributed by atoms with E-state index in [1.54, 1.807) is 60.8 Å². The van der Waals surface area contributed by atoms with Gasteiger partial charge in [0.2, 0.25) is 6.20 Å². The molecule has 4 rings (SSSR count). The lowest BCUT2D eigenvalue weighted by Crippen LogP contribution is -2.28. The van der Waals surface area contributed by atoms with Gasteiger partial charge in [-0.15, -0.1) is 0 Å². The van der Waals surface area contributed by atoms with Gasteiger partial charge >= 0.3 is 0 Å². The summed E-state index contributed by atoms with van der Waals surface area (Å²) in [6, 6.07) is 21.3. The summed E-state index contributed by atoms with van der Waals surface area (Å²) >= 11 is 6.13. The monoisotopic (exact) mass is 399 g/mol. The SMILES string of the molecule is N#Cc1ccccc1-c1cc(-c2cccc(Cl)c2)c(=O)n(-c2ccc[n+]([O-])c2)c1. The van der Waals surface area contributed by atoms with Crippen LogP contribution in [0.25, 0.3) is 27.9 Å². The molecule has 6 heteroatoms. The van der Waals surface area contributed by atoms with E-state index in [-0.39, 0.29) is 5.56 Å². The summed E-state index contributed by atoms with van der Waals surface area (Å²) in [5, 5.41) is 21.8. The Kier molecular flexibility index (Phi) is 4.86. The van der Waals surface area contributed by atoms with Crippen LogP contribution in [0.1, 0.15) is 5.56 Å². The molecule has 0 fully saturated rings. The molecule has 0 unspecified atom stereocenters. The Hall–Kier alpha value is -3.88. The van der Waals surface area contributed by atoms with E-state index in [9.17, 15) is 15.3 Å². The Morgan fingerprint density at radius 3 is 2.55 bits per heavy atom. The molecular formula is C23H14ClN3O2. The van der Waals surface area contributed by atoms with E-state index < -0.39 is 0 Å². The van der Waals surface area contributed by atoms with Gasteiger partial charge in [0, 0.05) is 34.0 Å². The van der Waals surface area contributed by atoms with Crippen LogP contribution < -0.4 is 10.3 Å². The van der Waals surface area contributed by atoms with Gasteiger partial charge in [0.25, 0.3) is 5.56 Å². The van der Waals surface area contributed by atoms with Crippen LogP contribution in [0.5, 0.6) is 0 Å². The van der Waals surface area contributed by atoms with Crippen LogP contribution in [-0.2, 0) is 0 Å². The van der Waals surface area contributed by atoms with Crippen LogP contribution in [0.3, 0.4) is 0 Å². The lowest BCUT2D eigenvalue weighted by atomic mass is 9.98. The van der Waals surface area contributed by atoms with Gasteiger partial charge in [-0.1, -0.05) is 41.9 Å². The van der Waals surface area contributed by atoms with Gasteiger partial charge in [-0.2, -0.15) is 9.99 Å². The number of nitriles is 1. The fourth-order valence-electron chi connectivity index (χ4n) is 3.20. The largest absolute Gasteiger partial charge is 0.619 e. The maximum atomic E-state index is 13.3. The molecule has 0 amide bonds. The van der Waals surface area contributed by atoms with Crippen molar-refractivity contribution >= 4 is 11.6 Å². The zero-order valence-electron chi connectivity index (χ0n) is 15.1.